The summed E-state index contributed by atoms with van der Waals surface area (Å²) in [6.45, 7) is 0.108. The fourth-order valence-electron chi connectivity index (χ4n) is 2.50. The number of aliphatic hydroxyl groups excluding tert-OH is 2. The van der Waals surface area contributed by atoms with Gasteiger partial charge < -0.3 is 10.2 Å². The van der Waals surface area contributed by atoms with Crippen LogP contribution in [0.4, 0.5) is 0 Å². The first-order valence-electron chi connectivity index (χ1n) is 5.78. The van der Waals surface area contributed by atoms with Crippen LogP contribution in [0.5, 0.6) is 0 Å². The topological polar surface area (TPSA) is 43.7 Å². The molecular formula is C13H19NO2. The van der Waals surface area contributed by atoms with Crippen LogP contribution in [0.25, 0.3) is 0 Å². The van der Waals surface area contributed by atoms with Crippen molar-refractivity contribution in [1.29, 1.82) is 0 Å². The first-order valence-corrected chi connectivity index (χ1v) is 5.78. The summed E-state index contributed by atoms with van der Waals surface area (Å²) in [5.74, 6) is 0. The summed E-state index contributed by atoms with van der Waals surface area (Å²) in [7, 11) is 2.02. The van der Waals surface area contributed by atoms with Gasteiger partial charge in [0, 0.05) is 12.1 Å². The summed E-state index contributed by atoms with van der Waals surface area (Å²) in [5.41, 5.74) is 1.21. The van der Waals surface area contributed by atoms with Gasteiger partial charge in [-0.1, -0.05) is 30.3 Å². The Labute approximate surface area is 96.3 Å². The molecule has 0 amide bonds. The van der Waals surface area contributed by atoms with Crippen molar-refractivity contribution in [2.24, 2.45) is 0 Å². The Morgan fingerprint density at radius 3 is 2.56 bits per heavy atom. The lowest BCUT2D eigenvalue weighted by Crippen LogP contribution is -2.45. The third kappa shape index (κ3) is 2.26. The average Bonchev–Trinajstić information content (AvgIpc) is 2.33. The van der Waals surface area contributed by atoms with E-state index in [2.05, 4.69) is 17.0 Å². The number of nitrogens with zero attached hydrogens (tertiary/aromatic N) is 1. The normalized spacial score (nSPS) is 31.6. The minimum atomic E-state index is -0.307. The molecule has 1 fully saturated rings. The number of hydrogen-bond donors (Lipinski definition) is 2. The van der Waals surface area contributed by atoms with E-state index in [1.807, 2.05) is 25.2 Å². The third-order valence-electron chi connectivity index (χ3n) is 3.50. The Hall–Kier alpha value is -0.900. The minimum absolute atomic E-state index is 0.0638. The van der Waals surface area contributed by atoms with Crippen LogP contribution in [0.1, 0.15) is 24.4 Å². The highest BCUT2D eigenvalue weighted by atomic mass is 16.3. The van der Waals surface area contributed by atoms with Crippen LogP contribution in [0.3, 0.4) is 0 Å². The molecule has 16 heavy (non-hydrogen) atoms. The number of aliphatic hydroxyl groups is 2. The van der Waals surface area contributed by atoms with Gasteiger partial charge in [0.05, 0.1) is 12.7 Å². The molecule has 1 aromatic rings. The fraction of sp³-hybridized carbons (Fsp3) is 0.538. The van der Waals surface area contributed by atoms with E-state index in [-0.39, 0.29) is 24.8 Å². The molecule has 1 aliphatic heterocycles. The predicted octanol–water partition coefficient (Wildman–Crippen LogP) is 1.18. The van der Waals surface area contributed by atoms with E-state index in [9.17, 15) is 10.2 Å². The van der Waals surface area contributed by atoms with Crippen molar-refractivity contribution in [3.63, 3.8) is 0 Å². The van der Waals surface area contributed by atoms with E-state index in [1.54, 1.807) is 0 Å². The average molecular weight is 221 g/mol. The number of piperidine rings is 1. The van der Waals surface area contributed by atoms with Gasteiger partial charge in [0.2, 0.25) is 0 Å². The second-order valence-electron chi connectivity index (χ2n) is 4.55. The van der Waals surface area contributed by atoms with Crippen molar-refractivity contribution in [2.45, 2.75) is 31.0 Å². The third-order valence-corrected chi connectivity index (χ3v) is 3.50. The summed E-state index contributed by atoms with van der Waals surface area (Å²) in [6, 6.07) is 10.4. The summed E-state index contributed by atoms with van der Waals surface area (Å²) in [4.78, 5) is 2.17. The van der Waals surface area contributed by atoms with E-state index in [0.717, 1.165) is 6.42 Å². The number of rotatable bonds is 2. The van der Waals surface area contributed by atoms with Gasteiger partial charge in [0.25, 0.3) is 0 Å². The van der Waals surface area contributed by atoms with Gasteiger partial charge in [-0.05, 0) is 25.5 Å². The molecule has 0 aromatic heterocycles. The highest BCUT2D eigenvalue weighted by Gasteiger charge is 2.32. The second kappa shape index (κ2) is 4.95. The van der Waals surface area contributed by atoms with E-state index in [0.29, 0.717) is 6.42 Å². The maximum absolute atomic E-state index is 9.82. The van der Waals surface area contributed by atoms with Gasteiger partial charge in [-0.3, -0.25) is 4.90 Å². The molecule has 88 valence electrons. The second-order valence-corrected chi connectivity index (χ2v) is 4.55. The molecular weight excluding hydrogens is 202 g/mol. The van der Waals surface area contributed by atoms with E-state index < -0.39 is 0 Å². The number of likely N-dealkylation sites (tertiary alicyclic amines) is 1. The van der Waals surface area contributed by atoms with Crippen molar-refractivity contribution in [1.82, 2.24) is 4.90 Å². The number of hydrogen-bond acceptors (Lipinski definition) is 3. The van der Waals surface area contributed by atoms with Crippen molar-refractivity contribution < 1.29 is 10.2 Å². The van der Waals surface area contributed by atoms with Gasteiger partial charge in [-0.25, -0.2) is 0 Å². The van der Waals surface area contributed by atoms with Crippen LogP contribution < -0.4 is 0 Å². The van der Waals surface area contributed by atoms with Crippen LogP contribution >= 0.6 is 0 Å². The largest absolute Gasteiger partial charge is 0.395 e. The van der Waals surface area contributed by atoms with E-state index in [1.165, 1.54) is 5.56 Å². The molecule has 1 aromatic carbocycles. The van der Waals surface area contributed by atoms with Crippen molar-refractivity contribution in [2.75, 3.05) is 13.7 Å². The number of likely N-dealkylation sites (N-methyl/N-ethyl adjacent to an activating group) is 1. The first-order chi connectivity index (χ1) is 7.72. The molecule has 0 spiro atoms. The molecule has 2 N–H and O–H groups in total. The van der Waals surface area contributed by atoms with Crippen molar-refractivity contribution >= 4 is 0 Å². The Kier molecular flexibility index (Phi) is 3.59. The molecule has 2 rings (SSSR count). The van der Waals surface area contributed by atoms with Gasteiger partial charge in [0.1, 0.15) is 0 Å². The van der Waals surface area contributed by atoms with Crippen LogP contribution in [-0.2, 0) is 0 Å². The maximum Gasteiger partial charge on any atom is 0.0587 e. The highest BCUT2D eigenvalue weighted by molar-refractivity contribution is 5.20. The smallest absolute Gasteiger partial charge is 0.0587 e. The lowest BCUT2D eigenvalue weighted by Gasteiger charge is -2.41. The van der Waals surface area contributed by atoms with Gasteiger partial charge in [0.15, 0.2) is 0 Å². The first kappa shape index (κ1) is 11.6. The summed E-state index contributed by atoms with van der Waals surface area (Å²) >= 11 is 0. The molecule has 3 nitrogen and oxygen atoms in total. The minimum Gasteiger partial charge on any atom is -0.395 e. The van der Waals surface area contributed by atoms with Crippen LogP contribution in [0.2, 0.25) is 0 Å². The predicted molar refractivity (Wildman–Crippen MR) is 63.1 cm³/mol. The van der Waals surface area contributed by atoms with Crippen molar-refractivity contribution in [3.8, 4) is 0 Å². The standard InChI is InChI=1S/C13H19NO2/c1-14-11(9-15)7-12(16)8-13(14)10-5-3-2-4-6-10/h2-6,11-13,15-16H,7-9H2,1H3/t11-,12-,13+/m0/s1. The molecule has 0 saturated carbocycles. The van der Waals surface area contributed by atoms with E-state index in [4.69, 9.17) is 0 Å². The molecule has 1 aliphatic rings. The zero-order valence-electron chi connectivity index (χ0n) is 9.58. The molecule has 0 aliphatic carbocycles. The summed E-state index contributed by atoms with van der Waals surface area (Å²) in [5, 5.41) is 19.1. The van der Waals surface area contributed by atoms with E-state index >= 15 is 0 Å². The zero-order valence-corrected chi connectivity index (χ0v) is 9.58. The zero-order chi connectivity index (χ0) is 11.5. The lowest BCUT2D eigenvalue weighted by atomic mass is 9.90. The van der Waals surface area contributed by atoms with Gasteiger partial charge in [-0.2, -0.15) is 0 Å². The molecule has 1 saturated heterocycles. The molecule has 1 heterocycles. The van der Waals surface area contributed by atoms with Crippen LogP contribution in [0, 0.1) is 0 Å². The lowest BCUT2D eigenvalue weighted by molar-refractivity contribution is -0.00597. The monoisotopic (exact) mass is 221 g/mol. The summed E-state index contributed by atoms with van der Waals surface area (Å²) < 4.78 is 0. The molecule has 3 atom stereocenters. The fourth-order valence-corrected chi connectivity index (χ4v) is 2.50. The molecule has 0 unspecified atom stereocenters. The summed E-state index contributed by atoms with van der Waals surface area (Å²) in [6.07, 6.45) is 1.10. The Morgan fingerprint density at radius 2 is 1.94 bits per heavy atom. The molecule has 3 heteroatoms. The van der Waals surface area contributed by atoms with Crippen molar-refractivity contribution in [3.05, 3.63) is 35.9 Å². The maximum atomic E-state index is 9.82. The Morgan fingerprint density at radius 1 is 1.25 bits per heavy atom. The highest BCUT2D eigenvalue weighted by Crippen LogP contribution is 2.32. The number of benzene rings is 1. The van der Waals surface area contributed by atoms with Crippen LogP contribution in [0.15, 0.2) is 30.3 Å². The quantitative estimate of drug-likeness (QED) is 0.788. The SMILES string of the molecule is CN1[C@H](CO)C[C@H](O)C[C@@H]1c1ccccc1. The Bertz CT molecular complexity index is 328. The van der Waals surface area contributed by atoms with Gasteiger partial charge in [-0.15, -0.1) is 0 Å². The van der Waals surface area contributed by atoms with Gasteiger partial charge >= 0.3 is 0 Å². The Balaban J connectivity index is 2.20. The van der Waals surface area contributed by atoms with Crippen LogP contribution in [-0.4, -0.2) is 40.9 Å². The molecule has 0 radical (unpaired) electrons. The molecule has 0 bridgehead atoms.